The predicted octanol–water partition coefficient (Wildman–Crippen LogP) is 5.94. The van der Waals surface area contributed by atoms with Crippen LogP contribution in [0.1, 0.15) is 110 Å². The zero-order valence-corrected chi connectivity index (χ0v) is 35.4. The van der Waals surface area contributed by atoms with Crippen LogP contribution in [-0.4, -0.2) is 92.9 Å². The van der Waals surface area contributed by atoms with Crippen LogP contribution in [0.2, 0.25) is 0 Å². The number of ether oxygens (including phenoxy) is 3. The monoisotopic (exact) mass is 839 g/mol. The van der Waals surface area contributed by atoms with Crippen molar-refractivity contribution in [2.24, 2.45) is 29.1 Å². The highest BCUT2D eigenvalue weighted by atomic mass is 19.1. The number of unbranched alkanes of at least 4 members (excludes halogenated alkanes) is 3. The maximum absolute atomic E-state index is 15.4. The summed E-state index contributed by atoms with van der Waals surface area (Å²) in [5.41, 5.74) is 5.61. The van der Waals surface area contributed by atoms with Gasteiger partial charge in [-0.05, 0) is 117 Å². The number of nitrogens with zero attached hydrogens (tertiary/aromatic N) is 2. The summed E-state index contributed by atoms with van der Waals surface area (Å²) in [5, 5.41) is 37.0. The first-order valence-electron chi connectivity index (χ1n) is 21.9. The zero-order valence-electron chi connectivity index (χ0n) is 35.4. The number of anilines is 1. The van der Waals surface area contributed by atoms with E-state index in [4.69, 9.17) is 19.9 Å². The first kappa shape index (κ1) is 45.5. The van der Waals surface area contributed by atoms with Crippen molar-refractivity contribution in [2.45, 2.75) is 147 Å². The molecule has 1 aromatic heterocycles. The largest absolute Gasteiger partial charge is 0.447 e. The van der Waals surface area contributed by atoms with Gasteiger partial charge in [-0.15, -0.1) is 0 Å². The molecule has 0 aromatic carbocycles. The van der Waals surface area contributed by atoms with Gasteiger partial charge in [0.15, 0.2) is 11.9 Å². The average Bonchev–Trinajstić information content (AvgIpc) is 3.95. The van der Waals surface area contributed by atoms with Gasteiger partial charge < -0.3 is 45.9 Å². The quantitative estimate of drug-likeness (QED) is 0.0849. The second kappa shape index (κ2) is 19.8. The smallest absolute Gasteiger partial charge is 0.407 e. The summed E-state index contributed by atoms with van der Waals surface area (Å²) in [5.74, 6) is 1.90. The Kier molecular flexibility index (Phi) is 15.0. The molecule has 2 heterocycles. The average molecular weight is 840 g/mol. The van der Waals surface area contributed by atoms with Gasteiger partial charge in [0, 0.05) is 25.7 Å². The second-order valence-corrected chi connectivity index (χ2v) is 18.1. The lowest BCUT2D eigenvalue weighted by Crippen LogP contribution is -2.43. The molecule has 7 unspecified atom stereocenters. The topological polar surface area (TPSA) is 207 Å². The number of carbonyl (C=O) groups excluding carboxylic acids is 2. The number of hydrogen-bond acceptors (Lipinski definition) is 11. The maximum Gasteiger partial charge on any atom is 0.407 e. The summed E-state index contributed by atoms with van der Waals surface area (Å²) < 4.78 is 32.7. The van der Waals surface area contributed by atoms with Gasteiger partial charge in [-0.25, -0.2) is 18.8 Å². The van der Waals surface area contributed by atoms with Gasteiger partial charge in [-0.3, -0.25) is 4.57 Å². The number of fused-ring (bicyclic) bond motifs is 1. The Morgan fingerprint density at radius 3 is 2.52 bits per heavy atom. The lowest BCUT2D eigenvalue weighted by molar-refractivity contribution is -0.0624. The van der Waals surface area contributed by atoms with Gasteiger partial charge >= 0.3 is 17.9 Å². The Morgan fingerprint density at radius 1 is 1.10 bits per heavy atom. The van der Waals surface area contributed by atoms with E-state index in [9.17, 15) is 29.7 Å². The molecule has 7 N–H and O–H groups in total. The normalized spacial score (nSPS) is 34.1. The number of hydrogen-bond donors (Lipinski definition) is 6. The number of aliphatic hydroxyl groups is 3. The maximum atomic E-state index is 15.4. The zero-order chi connectivity index (χ0) is 43.2. The molecule has 60 heavy (non-hydrogen) atoms. The highest BCUT2D eigenvalue weighted by Crippen LogP contribution is 2.59. The number of nitrogens with one attached hydrogen (secondary N) is 2. The molecule has 14 nitrogen and oxygen atoms in total. The molecule has 4 saturated carbocycles. The van der Waals surface area contributed by atoms with Crippen molar-refractivity contribution in [2.75, 3.05) is 25.4 Å². The molecule has 1 saturated heterocycles. The van der Waals surface area contributed by atoms with Crippen molar-refractivity contribution in [3.05, 3.63) is 70.3 Å². The Morgan fingerprint density at radius 2 is 1.82 bits per heavy atom. The number of nitrogens with two attached hydrogens (primary N) is 1. The molecule has 0 bridgehead atoms. The Bertz CT molecular complexity index is 1840. The van der Waals surface area contributed by atoms with Crippen LogP contribution >= 0.6 is 0 Å². The number of nitrogen functional groups attached to an aromatic ring is 1. The molecule has 2 amide bonds. The lowest BCUT2D eigenvalue weighted by atomic mass is 9.61. The molecule has 5 aliphatic rings. The van der Waals surface area contributed by atoms with Crippen molar-refractivity contribution in [3.63, 3.8) is 0 Å². The van der Waals surface area contributed by atoms with Crippen LogP contribution in [0.4, 0.5) is 19.8 Å². The second-order valence-electron chi connectivity index (χ2n) is 18.1. The summed E-state index contributed by atoms with van der Waals surface area (Å²) >= 11 is 0. The fraction of sp³-hybridized carbons (Fsp3) is 0.689. The minimum Gasteiger partial charge on any atom is -0.447 e. The van der Waals surface area contributed by atoms with Crippen molar-refractivity contribution in [1.29, 1.82) is 0 Å². The molecule has 1 aliphatic heterocycles. The van der Waals surface area contributed by atoms with Crippen LogP contribution in [0.15, 0.2) is 64.7 Å². The number of halogens is 1. The first-order chi connectivity index (χ1) is 28.6. The fourth-order valence-corrected chi connectivity index (χ4v) is 10.0. The molecule has 11 atom stereocenters. The minimum atomic E-state index is -2.36. The van der Waals surface area contributed by atoms with E-state index in [2.05, 4.69) is 54.3 Å². The van der Waals surface area contributed by atoms with E-state index >= 15 is 4.39 Å². The number of aliphatic hydroxyl groups excluding tert-OH is 3. The van der Waals surface area contributed by atoms with Crippen LogP contribution in [0.3, 0.4) is 0 Å². The molecule has 6 rings (SSSR count). The van der Waals surface area contributed by atoms with Gasteiger partial charge in [0.1, 0.15) is 30.7 Å². The van der Waals surface area contributed by atoms with Crippen LogP contribution in [0.5, 0.6) is 0 Å². The Balaban J connectivity index is 0.866. The predicted molar refractivity (Wildman–Crippen MR) is 224 cm³/mol. The molecular formula is C45H66FN5O9. The highest BCUT2D eigenvalue weighted by molar-refractivity contribution is 5.68. The van der Waals surface area contributed by atoms with Crippen LogP contribution in [-0.2, 0) is 14.2 Å². The molecule has 0 spiro atoms. The van der Waals surface area contributed by atoms with E-state index in [1.807, 2.05) is 6.08 Å². The van der Waals surface area contributed by atoms with Gasteiger partial charge in [0.2, 0.25) is 0 Å². The third-order valence-electron chi connectivity index (χ3n) is 13.7. The van der Waals surface area contributed by atoms with E-state index in [1.54, 1.807) is 0 Å². The summed E-state index contributed by atoms with van der Waals surface area (Å²) in [6.45, 7) is 10.4. The number of alkyl carbamates (subject to hydrolysis) is 2. The number of rotatable bonds is 16. The Hall–Kier alpha value is -4.05. The molecule has 5 fully saturated rings. The van der Waals surface area contributed by atoms with E-state index < -0.39 is 60.8 Å². The van der Waals surface area contributed by atoms with Crippen LogP contribution < -0.4 is 22.1 Å². The molecule has 332 valence electrons. The lowest BCUT2D eigenvalue weighted by Gasteiger charge is -2.44. The fourth-order valence-electron chi connectivity index (χ4n) is 10.0. The third kappa shape index (κ3) is 10.9. The molecular weight excluding hydrogens is 774 g/mol. The Labute approximate surface area is 352 Å². The van der Waals surface area contributed by atoms with Gasteiger partial charge in [0.25, 0.3) is 0 Å². The number of alkyl halides is 1. The van der Waals surface area contributed by atoms with E-state index in [-0.39, 0.29) is 17.3 Å². The van der Waals surface area contributed by atoms with E-state index in [1.165, 1.54) is 30.7 Å². The molecule has 0 radical (unpaired) electrons. The number of carbonyl (C=O) groups is 2. The summed E-state index contributed by atoms with van der Waals surface area (Å²) in [4.78, 5) is 40.8. The first-order valence-corrected chi connectivity index (χ1v) is 21.9. The van der Waals surface area contributed by atoms with E-state index in [0.29, 0.717) is 62.4 Å². The number of allylic oxidation sites excluding steroid dienone is 4. The van der Waals surface area contributed by atoms with Crippen molar-refractivity contribution < 1.29 is 43.5 Å². The summed E-state index contributed by atoms with van der Waals surface area (Å²) in [6, 6.07) is 1.31. The van der Waals surface area contributed by atoms with Crippen molar-refractivity contribution in [1.82, 2.24) is 20.2 Å². The van der Waals surface area contributed by atoms with Crippen LogP contribution in [0, 0.1) is 29.1 Å². The van der Waals surface area contributed by atoms with Gasteiger partial charge in [-0.2, -0.15) is 4.98 Å². The van der Waals surface area contributed by atoms with Crippen molar-refractivity contribution >= 4 is 18.0 Å². The SMILES string of the molecule is C=C1/C(=C\C=C2/CCC[C@@]3(C)C2CCC3[C@@H](C)/C=C/C(O)C2CC2)C[C@@H](O)C[C@@H]1OC(=O)NCCCCCCNC(=O)OCC1OC(n2ccc(N)nc2=O)C(C)(F)C1O. The van der Waals surface area contributed by atoms with Crippen LogP contribution in [0.25, 0.3) is 0 Å². The molecule has 1 aromatic rings. The minimum absolute atomic E-state index is 0.0379. The third-order valence-corrected chi connectivity index (χ3v) is 13.7. The standard InChI is InChI=1S/C45H66FN5O9/c1-27(11-18-35(53)30-13-14-30)33-16-17-34-29(10-9-20-44(33,34)3)12-15-31-24-32(52)25-36(28(31)2)60-43(57)49-22-8-6-5-7-21-48-42(56)58-26-37-39(54)45(4,46)40(59-37)51-23-19-38(47)50-41(51)55/h11-12,15,18-19,23,27,30,32-37,39-40,52-54H,2,5-10,13-14,16-17,20-22,24-26H2,1,3-4H3,(H,48,56)(H,49,57)(H2,47,50,55)/b18-11+,29-12+,31-15-/t27-,32+,33?,34?,35?,36-,37?,39?,40?,44+,45?/m0/s1. The highest BCUT2D eigenvalue weighted by Gasteiger charge is 2.56. The number of amides is 2. The number of aromatic nitrogens is 2. The summed E-state index contributed by atoms with van der Waals surface area (Å²) in [7, 11) is 0. The van der Waals surface area contributed by atoms with Gasteiger partial charge in [-0.1, -0.05) is 63.1 Å². The molecule has 15 heteroatoms. The van der Waals surface area contributed by atoms with E-state index in [0.717, 1.165) is 67.6 Å². The van der Waals surface area contributed by atoms with Gasteiger partial charge in [0.05, 0.1) is 12.2 Å². The van der Waals surface area contributed by atoms with Crippen molar-refractivity contribution in [3.8, 4) is 0 Å². The summed E-state index contributed by atoms with van der Waals surface area (Å²) in [6.07, 6.45) is 14.3. The molecule has 4 aliphatic carbocycles.